The molecule has 0 radical (unpaired) electrons. The fourth-order valence-corrected chi connectivity index (χ4v) is 2.06. The highest BCUT2D eigenvalue weighted by Crippen LogP contribution is 2.28. The van der Waals surface area contributed by atoms with Gasteiger partial charge in [-0.05, 0) is 42.0 Å². The maximum Gasteiger partial charge on any atom is 0.123 e. The van der Waals surface area contributed by atoms with E-state index in [2.05, 4.69) is 26.8 Å². The van der Waals surface area contributed by atoms with Crippen LogP contribution >= 0.6 is 0 Å². The van der Waals surface area contributed by atoms with Crippen molar-refractivity contribution in [2.75, 3.05) is 0 Å². The second-order valence-electron chi connectivity index (χ2n) is 4.62. The van der Waals surface area contributed by atoms with Crippen LogP contribution in [0.5, 0.6) is 0 Å². The first-order valence-corrected chi connectivity index (χ1v) is 5.81. The Morgan fingerprint density at radius 1 is 1.20 bits per heavy atom. The molecule has 0 spiro atoms. The Hall–Kier alpha value is -0.850. The molecule has 0 bridgehead atoms. The molecule has 0 aliphatic carbocycles. The normalized spacial score (nSPS) is 15.0. The van der Waals surface area contributed by atoms with E-state index in [9.17, 15) is 4.39 Å². The molecular formula is C14H21F. The van der Waals surface area contributed by atoms with E-state index < -0.39 is 0 Å². The largest absolute Gasteiger partial charge is 0.207 e. The predicted molar refractivity (Wildman–Crippen MR) is 63.6 cm³/mol. The summed E-state index contributed by atoms with van der Waals surface area (Å²) in [5, 5.41) is 0. The van der Waals surface area contributed by atoms with Crippen molar-refractivity contribution in [3.05, 3.63) is 35.1 Å². The topological polar surface area (TPSA) is 0 Å². The molecule has 0 N–H and O–H groups in total. The Morgan fingerprint density at radius 2 is 1.87 bits per heavy atom. The van der Waals surface area contributed by atoms with Crippen molar-refractivity contribution in [1.29, 1.82) is 0 Å². The van der Waals surface area contributed by atoms with Gasteiger partial charge in [0, 0.05) is 0 Å². The van der Waals surface area contributed by atoms with Crippen molar-refractivity contribution in [2.24, 2.45) is 5.92 Å². The Kier molecular flexibility index (Phi) is 4.31. The van der Waals surface area contributed by atoms with E-state index in [4.69, 9.17) is 0 Å². The van der Waals surface area contributed by atoms with Gasteiger partial charge in [0.25, 0.3) is 0 Å². The molecular weight excluding hydrogens is 187 g/mol. The van der Waals surface area contributed by atoms with Gasteiger partial charge in [-0.1, -0.05) is 39.7 Å². The molecule has 0 aromatic heterocycles. The van der Waals surface area contributed by atoms with Gasteiger partial charge in [-0.2, -0.15) is 0 Å². The lowest BCUT2D eigenvalue weighted by atomic mass is 9.85. The highest BCUT2D eigenvalue weighted by atomic mass is 19.1. The third kappa shape index (κ3) is 3.33. The molecule has 0 heterocycles. The molecule has 0 fully saturated rings. The lowest BCUT2D eigenvalue weighted by Crippen LogP contribution is -2.06. The number of rotatable bonds is 4. The van der Waals surface area contributed by atoms with Crippen LogP contribution in [-0.4, -0.2) is 0 Å². The van der Waals surface area contributed by atoms with Gasteiger partial charge in [-0.25, -0.2) is 4.39 Å². The monoisotopic (exact) mass is 208 g/mol. The molecule has 0 amide bonds. The van der Waals surface area contributed by atoms with Crippen molar-refractivity contribution in [3.63, 3.8) is 0 Å². The van der Waals surface area contributed by atoms with Gasteiger partial charge in [-0.15, -0.1) is 0 Å². The minimum Gasteiger partial charge on any atom is -0.207 e. The summed E-state index contributed by atoms with van der Waals surface area (Å²) in [6, 6.07) is 5.35. The summed E-state index contributed by atoms with van der Waals surface area (Å²) in [7, 11) is 0. The van der Waals surface area contributed by atoms with Crippen LogP contribution in [0.15, 0.2) is 18.2 Å². The zero-order valence-corrected chi connectivity index (χ0v) is 10.2. The average molecular weight is 208 g/mol. The molecule has 1 aromatic rings. The van der Waals surface area contributed by atoms with Crippen molar-refractivity contribution < 1.29 is 4.39 Å². The van der Waals surface area contributed by atoms with Gasteiger partial charge < -0.3 is 0 Å². The maximum atomic E-state index is 13.2. The molecule has 0 aliphatic heterocycles. The smallest absolute Gasteiger partial charge is 0.123 e. The van der Waals surface area contributed by atoms with Crippen LogP contribution in [-0.2, 0) is 0 Å². The number of hydrogen-bond acceptors (Lipinski definition) is 0. The van der Waals surface area contributed by atoms with Gasteiger partial charge in [-0.3, -0.25) is 0 Å². The zero-order chi connectivity index (χ0) is 11.4. The SMILES string of the molecule is CCCC(C)C(C)c1cc(C)cc(F)c1. The van der Waals surface area contributed by atoms with Crippen LogP contribution in [0.4, 0.5) is 4.39 Å². The summed E-state index contributed by atoms with van der Waals surface area (Å²) in [5.74, 6) is 0.955. The van der Waals surface area contributed by atoms with Crippen molar-refractivity contribution in [1.82, 2.24) is 0 Å². The Morgan fingerprint density at radius 3 is 2.40 bits per heavy atom. The van der Waals surface area contributed by atoms with Crippen LogP contribution in [0, 0.1) is 18.7 Å². The molecule has 84 valence electrons. The highest BCUT2D eigenvalue weighted by molar-refractivity contribution is 5.26. The molecule has 15 heavy (non-hydrogen) atoms. The Balaban J connectivity index is 2.85. The first-order chi connectivity index (χ1) is 7.04. The molecule has 1 aromatic carbocycles. The van der Waals surface area contributed by atoms with Crippen LogP contribution in [0.25, 0.3) is 0 Å². The summed E-state index contributed by atoms with van der Waals surface area (Å²) < 4.78 is 13.2. The first kappa shape index (κ1) is 12.2. The molecule has 2 atom stereocenters. The Labute approximate surface area is 92.5 Å². The lowest BCUT2D eigenvalue weighted by molar-refractivity contribution is 0.446. The molecule has 0 nitrogen and oxygen atoms in total. The number of halogens is 1. The summed E-state index contributed by atoms with van der Waals surface area (Å²) in [4.78, 5) is 0. The molecule has 1 heteroatoms. The maximum absolute atomic E-state index is 13.2. The average Bonchev–Trinajstić information content (AvgIpc) is 2.15. The van der Waals surface area contributed by atoms with E-state index in [1.807, 2.05) is 6.92 Å². The van der Waals surface area contributed by atoms with Crippen LogP contribution in [0.3, 0.4) is 0 Å². The quantitative estimate of drug-likeness (QED) is 0.674. The van der Waals surface area contributed by atoms with E-state index in [1.165, 1.54) is 12.8 Å². The minimum absolute atomic E-state index is 0.111. The van der Waals surface area contributed by atoms with Gasteiger partial charge >= 0.3 is 0 Å². The van der Waals surface area contributed by atoms with Gasteiger partial charge in [0.1, 0.15) is 5.82 Å². The second-order valence-corrected chi connectivity index (χ2v) is 4.62. The standard InChI is InChI=1S/C14H21F/c1-5-6-11(3)12(4)13-7-10(2)8-14(15)9-13/h7-9,11-12H,5-6H2,1-4H3. The molecule has 0 saturated heterocycles. The van der Waals surface area contributed by atoms with Crippen LogP contribution in [0.2, 0.25) is 0 Å². The summed E-state index contributed by atoms with van der Waals surface area (Å²) in [6.45, 7) is 8.58. The van der Waals surface area contributed by atoms with E-state index in [1.54, 1.807) is 12.1 Å². The number of hydrogen-bond donors (Lipinski definition) is 0. The summed E-state index contributed by atoms with van der Waals surface area (Å²) in [5.41, 5.74) is 2.15. The van der Waals surface area contributed by atoms with E-state index in [-0.39, 0.29) is 5.82 Å². The van der Waals surface area contributed by atoms with Crippen LogP contribution in [0.1, 0.15) is 50.7 Å². The minimum atomic E-state index is -0.111. The third-order valence-corrected chi connectivity index (χ3v) is 3.19. The fraction of sp³-hybridized carbons (Fsp3) is 0.571. The molecule has 2 unspecified atom stereocenters. The van der Waals surface area contributed by atoms with Crippen molar-refractivity contribution in [3.8, 4) is 0 Å². The summed E-state index contributed by atoms with van der Waals surface area (Å²) >= 11 is 0. The van der Waals surface area contributed by atoms with Crippen LogP contribution < -0.4 is 0 Å². The second kappa shape index (κ2) is 5.29. The molecule has 1 rings (SSSR count). The van der Waals surface area contributed by atoms with Gasteiger partial charge in [0.15, 0.2) is 0 Å². The van der Waals surface area contributed by atoms with Crippen molar-refractivity contribution in [2.45, 2.75) is 46.5 Å². The highest BCUT2D eigenvalue weighted by Gasteiger charge is 2.14. The fourth-order valence-electron chi connectivity index (χ4n) is 2.06. The third-order valence-electron chi connectivity index (χ3n) is 3.19. The zero-order valence-electron chi connectivity index (χ0n) is 10.2. The predicted octanol–water partition coefficient (Wildman–Crippen LogP) is 4.67. The van der Waals surface area contributed by atoms with Gasteiger partial charge in [0.2, 0.25) is 0 Å². The molecule has 0 saturated carbocycles. The van der Waals surface area contributed by atoms with Gasteiger partial charge in [0.05, 0.1) is 0 Å². The van der Waals surface area contributed by atoms with E-state index in [0.717, 1.165) is 11.1 Å². The van der Waals surface area contributed by atoms with E-state index in [0.29, 0.717) is 11.8 Å². The summed E-state index contributed by atoms with van der Waals surface area (Å²) in [6.07, 6.45) is 2.40. The first-order valence-electron chi connectivity index (χ1n) is 5.81. The van der Waals surface area contributed by atoms with E-state index >= 15 is 0 Å². The lowest BCUT2D eigenvalue weighted by Gasteiger charge is -2.20. The molecule has 0 aliphatic rings. The van der Waals surface area contributed by atoms with Crippen molar-refractivity contribution >= 4 is 0 Å². The number of aryl methyl sites for hydroxylation is 1. The Bertz CT molecular complexity index is 297. The number of benzene rings is 1.